The minimum Gasteiger partial charge on any atom is -0.342 e. The Balaban J connectivity index is 2.31. The number of hydrogen-bond donors (Lipinski definition) is 0. The van der Waals surface area contributed by atoms with Crippen molar-refractivity contribution in [3.05, 3.63) is 0 Å². The zero-order chi connectivity index (χ0) is 8.10. The molecule has 0 aliphatic carbocycles. The van der Waals surface area contributed by atoms with Gasteiger partial charge in [-0.25, -0.2) is 0 Å². The van der Waals surface area contributed by atoms with Crippen LogP contribution in [-0.2, 0) is 0 Å². The van der Waals surface area contributed by atoms with Gasteiger partial charge in [-0.2, -0.15) is 0 Å². The largest absolute Gasteiger partial charge is 0.342 e. The lowest BCUT2D eigenvalue weighted by atomic mass is 9.51. The molecule has 0 bridgehead atoms. The number of rotatable bonds is 3. The molecular formula is C9H20BN. The first-order chi connectivity index (χ1) is 5.38. The first-order valence-electron chi connectivity index (χ1n) is 5.12. The lowest BCUT2D eigenvalue weighted by Gasteiger charge is -2.32. The Morgan fingerprint density at radius 2 is 2.09 bits per heavy atom. The molecule has 1 aliphatic heterocycles. The van der Waals surface area contributed by atoms with Gasteiger partial charge in [0, 0.05) is 0 Å². The average molecular weight is 153 g/mol. The summed E-state index contributed by atoms with van der Waals surface area (Å²) in [6, 6.07) is 0. The number of nitrogens with zero attached hydrogens (tertiary/aromatic N) is 1. The molecule has 1 heterocycles. The van der Waals surface area contributed by atoms with E-state index < -0.39 is 0 Å². The summed E-state index contributed by atoms with van der Waals surface area (Å²) >= 11 is 0. The Morgan fingerprint density at radius 3 is 2.73 bits per heavy atom. The topological polar surface area (TPSA) is 3.24 Å². The molecule has 0 aromatic rings. The van der Waals surface area contributed by atoms with E-state index in [-0.39, 0.29) is 0 Å². The summed E-state index contributed by atoms with van der Waals surface area (Å²) < 4.78 is 0. The fourth-order valence-electron chi connectivity index (χ4n) is 2.14. The third-order valence-electron chi connectivity index (χ3n) is 2.78. The van der Waals surface area contributed by atoms with Gasteiger partial charge in [-0.15, -0.1) is 0 Å². The van der Waals surface area contributed by atoms with Crippen LogP contribution < -0.4 is 0 Å². The molecule has 1 rings (SSSR count). The molecule has 11 heavy (non-hydrogen) atoms. The van der Waals surface area contributed by atoms with Crippen LogP contribution in [0.1, 0.15) is 33.1 Å². The summed E-state index contributed by atoms with van der Waals surface area (Å²) in [7, 11) is 0. The van der Waals surface area contributed by atoms with E-state index in [2.05, 4.69) is 18.7 Å². The summed E-state index contributed by atoms with van der Waals surface area (Å²) in [6.07, 6.45) is 7.09. The monoisotopic (exact) mass is 153 g/mol. The second kappa shape index (κ2) is 4.81. The highest BCUT2D eigenvalue weighted by Crippen LogP contribution is 2.18. The van der Waals surface area contributed by atoms with Gasteiger partial charge in [0.2, 0.25) is 6.85 Å². The predicted molar refractivity (Wildman–Crippen MR) is 52.1 cm³/mol. The van der Waals surface area contributed by atoms with Crippen LogP contribution in [0.3, 0.4) is 0 Å². The van der Waals surface area contributed by atoms with E-state index >= 15 is 0 Å². The van der Waals surface area contributed by atoms with Crippen LogP contribution in [0, 0.1) is 0 Å². The highest BCUT2D eigenvalue weighted by Gasteiger charge is 2.23. The molecule has 0 saturated carbocycles. The van der Waals surface area contributed by atoms with Gasteiger partial charge in [-0.3, -0.25) is 0 Å². The normalized spacial score (nSPS) is 20.7. The van der Waals surface area contributed by atoms with Crippen LogP contribution in [-0.4, -0.2) is 24.7 Å². The van der Waals surface area contributed by atoms with Gasteiger partial charge in [0.25, 0.3) is 0 Å². The van der Waals surface area contributed by atoms with Gasteiger partial charge in [0.15, 0.2) is 0 Å². The molecule has 0 N–H and O–H groups in total. The van der Waals surface area contributed by atoms with Gasteiger partial charge in [0.05, 0.1) is 0 Å². The lowest BCUT2D eigenvalue weighted by molar-refractivity contribution is 0.410. The molecule has 1 nitrogen and oxygen atoms in total. The van der Waals surface area contributed by atoms with E-state index in [9.17, 15) is 0 Å². The Hall–Kier alpha value is 0.0249. The lowest BCUT2D eigenvalue weighted by Crippen LogP contribution is -2.42. The molecule has 0 aromatic carbocycles. The molecule has 0 unspecified atom stereocenters. The minimum atomic E-state index is 0.916. The van der Waals surface area contributed by atoms with E-state index in [1.54, 1.807) is 0 Å². The van der Waals surface area contributed by atoms with Gasteiger partial charge in [0.1, 0.15) is 0 Å². The second-order valence-electron chi connectivity index (χ2n) is 3.57. The van der Waals surface area contributed by atoms with Crippen molar-refractivity contribution in [1.82, 2.24) is 4.81 Å². The minimum absolute atomic E-state index is 0.916. The van der Waals surface area contributed by atoms with Crippen molar-refractivity contribution >= 4 is 6.85 Å². The smallest absolute Gasteiger partial charge is 0.223 e. The Labute approximate surface area is 71.3 Å². The zero-order valence-corrected chi connectivity index (χ0v) is 7.97. The first kappa shape index (κ1) is 9.12. The molecule has 2 heteroatoms. The first-order valence-corrected chi connectivity index (χ1v) is 5.12. The highest BCUT2D eigenvalue weighted by atomic mass is 15.1. The zero-order valence-electron chi connectivity index (χ0n) is 7.97. The van der Waals surface area contributed by atoms with Crippen molar-refractivity contribution < 1.29 is 0 Å². The Bertz CT molecular complexity index is 104. The van der Waals surface area contributed by atoms with Crippen LogP contribution in [0.5, 0.6) is 0 Å². The fraction of sp³-hybridized carbons (Fsp3) is 1.00. The molecule has 1 fully saturated rings. The van der Waals surface area contributed by atoms with Crippen LogP contribution >= 0.6 is 0 Å². The van der Waals surface area contributed by atoms with E-state index in [0.717, 1.165) is 6.85 Å². The van der Waals surface area contributed by atoms with Gasteiger partial charge < -0.3 is 4.81 Å². The third-order valence-corrected chi connectivity index (χ3v) is 2.78. The van der Waals surface area contributed by atoms with Crippen molar-refractivity contribution in [2.75, 3.05) is 13.1 Å². The van der Waals surface area contributed by atoms with E-state index in [0.29, 0.717) is 0 Å². The van der Waals surface area contributed by atoms with E-state index in [1.165, 1.54) is 45.0 Å². The molecule has 1 saturated heterocycles. The summed E-state index contributed by atoms with van der Waals surface area (Å²) in [4.78, 5) is 2.65. The van der Waals surface area contributed by atoms with Crippen molar-refractivity contribution in [2.45, 2.75) is 45.8 Å². The summed E-state index contributed by atoms with van der Waals surface area (Å²) in [5.74, 6) is 0. The van der Waals surface area contributed by atoms with E-state index in [1.807, 2.05) is 0 Å². The molecule has 0 spiro atoms. The maximum atomic E-state index is 2.65. The average Bonchev–Trinajstić information content (AvgIpc) is 2.06. The molecular weight excluding hydrogens is 133 g/mol. The summed E-state index contributed by atoms with van der Waals surface area (Å²) in [5, 5.41) is 0. The Kier molecular flexibility index (Phi) is 3.99. The maximum Gasteiger partial charge on any atom is 0.223 e. The van der Waals surface area contributed by atoms with Crippen molar-refractivity contribution in [2.24, 2.45) is 0 Å². The van der Waals surface area contributed by atoms with E-state index in [4.69, 9.17) is 0 Å². The molecule has 64 valence electrons. The van der Waals surface area contributed by atoms with Crippen LogP contribution in [0.15, 0.2) is 0 Å². The van der Waals surface area contributed by atoms with Gasteiger partial charge in [-0.05, 0) is 19.5 Å². The van der Waals surface area contributed by atoms with Crippen LogP contribution in [0.2, 0.25) is 12.6 Å². The van der Waals surface area contributed by atoms with Crippen molar-refractivity contribution in [1.29, 1.82) is 0 Å². The second-order valence-corrected chi connectivity index (χ2v) is 3.57. The predicted octanol–water partition coefficient (Wildman–Crippen LogP) is 2.50. The summed E-state index contributed by atoms with van der Waals surface area (Å²) in [6.45, 7) is 8.10. The van der Waals surface area contributed by atoms with Crippen molar-refractivity contribution in [3.63, 3.8) is 0 Å². The highest BCUT2D eigenvalue weighted by molar-refractivity contribution is 6.55. The van der Waals surface area contributed by atoms with Gasteiger partial charge >= 0.3 is 0 Å². The quantitative estimate of drug-likeness (QED) is 0.563. The van der Waals surface area contributed by atoms with Crippen LogP contribution in [0.25, 0.3) is 0 Å². The SMILES string of the molecule is CCCB1CCCCN1CC. The molecule has 0 amide bonds. The fourth-order valence-corrected chi connectivity index (χ4v) is 2.14. The molecule has 0 radical (unpaired) electrons. The maximum absolute atomic E-state index is 2.65. The molecule has 0 aromatic heterocycles. The molecule has 0 atom stereocenters. The molecule has 1 aliphatic rings. The summed E-state index contributed by atoms with van der Waals surface area (Å²) in [5.41, 5.74) is 0. The van der Waals surface area contributed by atoms with Crippen LogP contribution in [0.4, 0.5) is 0 Å². The third kappa shape index (κ3) is 2.51. The van der Waals surface area contributed by atoms with Gasteiger partial charge in [-0.1, -0.05) is 39.3 Å². The Morgan fingerprint density at radius 1 is 1.27 bits per heavy atom. The number of hydrogen-bond acceptors (Lipinski definition) is 1. The standard InChI is InChI=1S/C9H20BN/c1-3-7-10-8-5-6-9-11(10)4-2/h3-9H2,1-2H3. The van der Waals surface area contributed by atoms with Crippen molar-refractivity contribution in [3.8, 4) is 0 Å².